The third-order valence-corrected chi connectivity index (χ3v) is 2.96. The smallest absolute Gasteiger partial charge is 0.115 e. The van der Waals surface area contributed by atoms with Crippen LogP contribution in [-0.4, -0.2) is 25.2 Å². The Morgan fingerprint density at radius 1 is 0.950 bits per heavy atom. The topological polar surface area (TPSA) is 71.2 Å². The lowest BCUT2D eigenvalue weighted by Crippen LogP contribution is -1.99. The number of aromatic hydroxyl groups is 2. The van der Waals surface area contributed by atoms with Crippen LogP contribution >= 0.6 is 0 Å². The second-order valence-corrected chi connectivity index (χ2v) is 4.52. The maximum absolute atomic E-state index is 9.43. The van der Waals surface area contributed by atoms with Crippen LogP contribution in [0.15, 0.2) is 54.7 Å². The average molecular weight is 267 g/mol. The Morgan fingerprint density at radius 2 is 1.75 bits per heavy atom. The number of nitrogens with zero attached hydrogens (tertiary/aromatic N) is 3. The molecule has 1 aromatic heterocycles. The zero-order valence-electron chi connectivity index (χ0n) is 10.6. The van der Waals surface area contributed by atoms with Gasteiger partial charge >= 0.3 is 0 Å². The quantitative estimate of drug-likeness (QED) is 0.764. The molecule has 2 aromatic carbocycles. The summed E-state index contributed by atoms with van der Waals surface area (Å²) < 4.78 is 1.71. The molecule has 0 aliphatic rings. The summed E-state index contributed by atoms with van der Waals surface area (Å²) in [6.07, 6.45) is 1.83. The van der Waals surface area contributed by atoms with Crippen LogP contribution in [0.2, 0.25) is 0 Å². The maximum Gasteiger partial charge on any atom is 0.115 e. The van der Waals surface area contributed by atoms with Gasteiger partial charge in [-0.2, -0.15) is 0 Å². The van der Waals surface area contributed by atoms with E-state index in [4.69, 9.17) is 0 Å². The van der Waals surface area contributed by atoms with Crippen LogP contribution in [0.4, 0.5) is 0 Å². The number of hydrogen-bond donors (Lipinski definition) is 2. The number of phenols is 2. The van der Waals surface area contributed by atoms with E-state index in [1.807, 2.05) is 12.3 Å². The molecule has 100 valence electrons. The third kappa shape index (κ3) is 2.61. The van der Waals surface area contributed by atoms with E-state index < -0.39 is 0 Å². The SMILES string of the molecule is Oc1ccc(-c2cn(Cc3cccc(O)c3)nn2)cc1. The van der Waals surface area contributed by atoms with Gasteiger partial charge in [0.2, 0.25) is 0 Å². The third-order valence-electron chi connectivity index (χ3n) is 2.96. The molecule has 0 saturated carbocycles. The van der Waals surface area contributed by atoms with Gasteiger partial charge in [-0.1, -0.05) is 17.3 Å². The number of rotatable bonds is 3. The molecule has 3 aromatic rings. The molecule has 0 atom stereocenters. The van der Waals surface area contributed by atoms with Crippen LogP contribution < -0.4 is 0 Å². The normalized spacial score (nSPS) is 10.6. The Morgan fingerprint density at radius 3 is 2.50 bits per heavy atom. The Hall–Kier alpha value is -2.82. The highest BCUT2D eigenvalue weighted by atomic mass is 16.3. The van der Waals surface area contributed by atoms with Crippen molar-refractivity contribution in [3.8, 4) is 22.8 Å². The molecule has 0 unspecified atom stereocenters. The molecule has 0 radical (unpaired) electrons. The van der Waals surface area contributed by atoms with Crippen LogP contribution in [0.25, 0.3) is 11.3 Å². The number of benzene rings is 2. The summed E-state index contributed by atoms with van der Waals surface area (Å²) in [4.78, 5) is 0. The first-order valence-corrected chi connectivity index (χ1v) is 6.18. The van der Waals surface area contributed by atoms with Gasteiger partial charge in [0.15, 0.2) is 0 Å². The summed E-state index contributed by atoms with van der Waals surface area (Å²) in [5.74, 6) is 0.460. The highest BCUT2D eigenvalue weighted by molar-refractivity contribution is 5.58. The van der Waals surface area contributed by atoms with Gasteiger partial charge in [-0.25, -0.2) is 4.68 Å². The summed E-state index contributed by atoms with van der Waals surface area (Å²) in [6.45, 7) is 0.541. The summed E-state index contributed by atoms with van der Waals surface area (Å²) in [5, 5.41) is 26.9. The molecule has 0 saturated heterocycles. The van der Waals surface area contributed by atoms with Gasteiger partial charge in [0.1, 0.15) is 17.2 Å². The number of aromatic nitrogens is 3. The van der Waals surface area contributed by atoms with Crippen molar-refractivity contribution in [2.24, 2.45) is 0 Å². The van der Waals surface area contributed by atoms with Gasteiger partial charge in [0.05, 0.1) is 12.7 Å². The maximum atomic E-state index is 9.43. The molecular formula is C15H13N3O2. The fourth-order valence-corrected chi connectivity index (χ4v) is 1.98. The molecule has 0 bridgehead atoms. The standard InChI is InChI=1S/C15H13N3O2/c19-13-6-4-12(5-7-13)15-10-18(17-16-15)9-11-2-1-3-14(20)8-11/h1-8,10,19-20H,9H2. The Balaban J connectivity index is 1.82. The minimum Gasteiger partial charge on any atom is -0.508 e. The van der Waals surface area contributed by atoms with Gasteiger partial charge in [-0.05, 0) is 42.0 Å². The number of phenolic OH excluding ortho intramolecular Hbond substituents is 2. The molecule has 1 heterocycles. The van der Waals surface area contributed by atoms with Crippen molar-refractivity contribution in [3.05, 3.63) is 60.3 Å². The van der Waals surface area contributed by atoms with Crippen molar-refractivity contribution in [3.63, 3.8) is 0 Å². The first kappa shape index (κ1) is 12.2. The number of hydrogen-bond acceptors (Lipinski definition) is 4. The molecule has 2 N–H and O–H groups in total. The van der Waals surface area contributed by atoms with E-state index in [2.05, 4.69) is 10.3 Å². The molecule has 0 amide bonds. The second kappa shape index (κ2) is 5.05. The van der Waals surface area contributed by atoms with E-state index in [-0.39, 0.29) is 11.5 Å². The molecule has 0 aliphatic heterocycles. The lowest BCUT2D eigenvalue weighted by atomic mass is 10.1. The van der Waals surface area contributed by atoms with Crippen LogP contribution in [0.1, 0.15) is 5.56 Å². The molecule has 5 nitrogen and oxygen atoms in total. The van der Waals surface area contributed by atoms with Crippen molar-refractivity contribution < 1.29 is 10.2 Å². The van der Waals surface area contributed by atoms with Gasteiger partial charge in [0.25, 0.3) is 0 Å². The predicted octanol–water partition coefficient (Wildman–Crippen LogP) is 2.40. The van der Waals surface area contributed by atoms with Crippen molar-refractivity contribution in [1.29, 1.82) is 0 Å². The van der Waals surface area contributed by atoms with E-state index in [0.717, 1.165) is 16.8 Å². The Labute approximate surface area is 115 Å². The van der Waals surface area contributed by atoms with E-state index in [0.29, 0.717) is 6.54 Å². The highest BCUT2D eigenvalue weighted by Gasteiger charge is 2.04. The second-order valence-electron chi connectivity index (χ2n) is 4.52. The van der Waals surface area contributed by atoms with Crippen LogP contribution in [-0.2, 0) is 6.54 Å². The van der Waals surface area contributed by atoms with E-state index >= 15 is 0 Å². The average Bonchev–Trinajstić information content (AvgIpc) is 2.88. The minimum absolute atomic E-state index is 0.223. The highest BCUT2D eigenvalue weighted by Crippen LogP contribution is 2.19. The van der Waals surface area contributed by atoms with Gasteiger partial charge in [0, 0.05) is 5.56 Å². The van der Waals surface area contributed by atoms with E-state index in [1.165, 1.54) is 0 Å². The molecule has 5 heteroatoms. The monoisotopic (exact) mass is 267 g/mol. The van der Waals surface area contributed by atoms with E-state index in [1.54, 1.807) is 47.1 Å². The molecule has 0 spiro atoms. The van der Waals surface area contributed by atoms with Crippen LogP contribution in [0.3, 0.4) is 0 Å². The summed E-state index contributed by atoms with van der Waals surface area (Å²) in [7, 11) is 0. The fourth-order valence-electron chi connectivity index (χ4n) is 1.98. The zero-order valence-corrected chi connectivity index (χ0v) is 10.6. The largest absolute Gasteiger partial charge is 0.508 e. The minimum atomic E-state index is 0.223. The van der Waals surface area contributed by atoms with Crippen molar-refractivity contribution in [1.82, 2.24) is 15.0 Å². The molecule has 0 aliphatic carbocycles. The molecule has 3 rings (SSSR count). The van der Waals surface area contributed by atoms with Gasteiger partial charge in [-0.15, -0.1) is 5.10 Å². The molecule has 0 fully saturated rings. The summed E-state index contributed by atoms with van der Waals surface area (Å²) in [5.41, 5.74) is 2.59. The van der Waals surface area contributed by atoms with Crippen LogP contribution in [0.5, 0.6) is 11.5 Å². The molecular weight excluding hydrogens is 254 g/mol. The zero-order chi connectivity index (χ0) is 13.9. The van der Waals surface area contributed by atoms with Gasteiger partial charge < -0.3 is 10.2 Å². The van der Waals surface area contributed by atoms with Crippen LogP contribution in [0, 0.1) is 0 Å². The first-order chi connectivity index (χ1) is 9.70. The fraction of sp³-hybridized carbons (Fsp3) is 0.0667. The van der Waals surface area contributed by atoms with Gasteiger partial charge in [-0.3, -0.25) is 0 Å². The van der Waals surface area contributed by atoms with Crippen molar-refractivity contribution >= 4 is 0 Å². The van der Waals surface area contributed by atoms with Crippen molar-refractivity contribution in [2.45, 2.75) is 6.54 Å². The molecule has 20 heavy (non-hydrogen) atoms. The lowest BCUT2D eigenvalue weighted by molar-refractivity contribution is 0.473. The summed E-state index contributed by atoms with van der Waals surface area (Å²) in [6, 6.07) is 13.8. The Kier molecular flexibility index (Phi) is 3.09. The predicted molar refractivity (Wildman–Crippen MR) is 74.3 cm³/mol. The lowest BCUT2D eigenvalue weighted by Gasteiger charge is -2.01. The Bertz CT molecular complexity index is 720. The van der Waals surface area contributed by atoms with Crippen molar-refractivity contribution in [2.75, 3.05) is 0 Å². The first-order valence-electron chi connectivity index (χ1n) is 6.18. The van der Waals surface area contributed by atoms with E-state index in [9.17, 15) is 10.2 Å². The summed E-state index contributed by atoms with van der Waals surface area (Å²) >= 11 is 0.